The van der Waals surface area contributed by atoms with E-state index in [1.54, 1.807) is 20.8 Å². The SMILES string of the molecule is COC(=O)[C@H](CO)NC(=O)[C@H](CSCc1ccccc1)NC(=O)OC(C)(C)C. The van der Waals surface area contributed by atoms with Crippen molar-refractivity contribution in [1.29, 1.82) is 0 Å². The van der Waals surface area contributed by atoms with Crippen LogP contribution in [0.25, 0.3) is 0 Å². The quantitative estimate of drug-likeness (QED) is 0.526. The number of benzene rings is 1. The van der Waals surface area contributed by atoms with Crippen LogP contribution in [0, 0.1) is 0 Å². The Balaban J connectivity index is 2.76. The number of nitrogens with one attached hydrogen (secondary N) is 2. The molecule has 0 saturated heterocycles. The van der Waals surface area contributed by atoms with Crippen molar-refractivity contribution in [3.05, 3.63) is 35.9 Å². The molecule has 0 heterocycles. The van der Waals surface area contributed by atoms with E-state index in [0.717, 1.165) is 12.7 Å². The number of methoxy groups -OCH3 is 1. The summed E-state index contributed by atoms with van der Waals surface area (Å²) in [5, 5.41) is 14.2. The molecule has 0 bridgehead atoms. The van der Waals surface area contributed by atoms with Gasteiger partial charge in [-0.15, -0.1) is 0 Å². The Bertz CT molecular complexity index is 648. The molecule has 0 fully saturated rings. The number of aliphatic hydroxyl groups is 1. The number of amides is 2. The van der Waals surface area contributed by atoms with Gasteiger partial charge in [-0.05, 0) is 26.3 Å². The first-order valence-corrected chi connectivity index (χ1v) is 9.92. The predicted octanol–water partition coefficient (Wildman–Crippen LogP) is 1.46. The lowest BCUT2D eigenvalue weighted by Crippen LogP contribution is -2.54. The molecule has 0 saturated carbocycles. The van der Waals surface area contributed by atoms with Crippen LogP contribution in [-0.2, 0) is 24.8 Å². The van der Waals surface area contributed by atoms with Gasteiger partial charge in [-0.2, -0.15) is 11.8 Å². The van der Waals surface area contributed by atoms with E-state index in [1.165, 1.54) is 11.8 Å². The molecule has 2 amide bonds. The zero-order valence-corrected chi connectivity index (χ0v) is 17.4. The third-order valence-electron chi connectivity index (χ3n) is 3.39. The Hall–Kier alpha value is -2.26. The van der Waals surface area contributed by atoms with Crippen LogP contribution in [0.3, 0.4) is 0 Å². The molecule has 0 unspecified atom stereocenters. The van der Waals surface area contributed by atoms with E-state index in [4.69, 9.17) is 4.74 Å². The van der Waals surface area contributed by atoms with Crippen molar-refractivity contribution < 1.29 is 29.0 Å². The summed E-state index contributed by atoms with van der Waals surface area (Å²) in [6.45, 7) is 4.52. The smallest absolute Gasteiger partial charge is 0.408 e. The van der Waals surface area contributed by atoms with Gasteiger partial charge >= 0.3 is 12.1 Å². The zero-order chi connectivity index (χ0) is 21.2. The molecule has 1 rings (SSSR count). The number of hydrogen-bond donors (Lipinski definition) is 3. The van der Waals surface area contributed by atoms with Crippen LogP contribution < -0.4 is 10.6 Å². The van der Waals surface area contributed by atoms with Crippen molar-refractivity contribution in [2.75, 3.05) is 19.5 Å². The van der Waals surface area contributed by atoms with Crippen LogP contribution in [0.2, 0.25) is 0 Å². The maximum absolute atomic E-state index is 12.6. The van der Waals surface area contributed by atoms with Gasteiger partial charge in [-0.1, -0.05) is 30.3 Å². The van der Waals surface area contributed by atoms with E-state index in [0.29, 0.717) is 5.75 Å². The van der Waals surface area contributed by atoms with E-state index in [-0.39, 0.29) is 5.75 Å². The third kappa shape index (κ3) is 9.09. The molecule has 3 N–H and O–H groups in total. The van der Waals surface area contributed by atoms with Crippen molar-refractivity contribution >= 4 is 29.7 Å². The fraction of sp³-hybridized carbons (Fsp3) is 0.526. The van der Waals surface area contributed by atoms with Gasteiger partial charge in [-0.25, -0.2) is 9.59 Å². The van der Waals surface area contributed by atoms with Crippen molar-refractivity contribution in [3.63, 3.8) is 0 Å². The zero-order valence-electron chi connectivity index (χ0n) is 16.6. The molecule has 1 aromatic carbocycles. The minimum atomic E-state index is -1.21. The molecule has 9 heteroatoms. The largest absolute Gasteiger partial charge is 0.467 e. The Morgan fingerprint density at radius 2 is 1.75 bits per heavy atom. The number of hydrogen-bond acceptors (Lipinski definition) is 7. The van der Waals surface area contributed by atoms with Crippen LogP contribution in [0.4, 0.5) is 4.79 Å². The summed E-state index contributed by atoms with van der Waals surface area (Å²) >= 11 is 1.44. The number of esters is 1. The van der Waals surface area contributed by atoms with Gasteiger partial charge in [0, 0.05) is 11.5 Å². The summed E-state index contributed by atoms with van der Waals surface area (Å²) in [7, 11) is 1.16. The minimum absolute atomic E-state index is 0.249. The van der Waals surface area contributed by atoms with Crippen LogP contribution >= 0.6 is 11.8 Å². The van der Waals surface area contributed by atoms with Crippen molar-refractivity contribution in [3.8, 4) is 0 Å². The summed E-state index contributed by atoms with van der Waals surface area (Å²) in [6.07, 6.45) is -0.744. The van der Waals surface area contributed by atoms with E-state index < -0.39 is 42.3 Å². The molecule has 0 aliphatic heterocycles. The van der Waals surface area contributed by atoms with Crippen LogP contribution in [-0.4, -0.2) is 60.2 Å². The van der Waals surface area contributed by atoms with E-state index in [1.807, 2.05) is 30.3 Å². The molecular weight excluding hydrogens is 384 g/mol. The predicted molar refractivity (Wildman–Crippen MR) is 107 cm³/mol. The lowest BCUT2D eigenvalue weighted by atomic mass is 10.2. The summed E-state index contributed by atoms with van der Waals surface area (Å²) in [4.78, 5) is 36.2. The highest BCUT2D eigenvalue weighted by Gasteiger charge is 2.28. The van der Waals surface area contributed by atoms with Gasteiger partial charge < -0.3 is 25.2 Å². The highest BCUT2D eigenvalue weighted by Crippen LogP contribution is 2.14. The molecular formula is C19H28N2O6S. The molecule has 0 aliphatic carbocycles. The second-order valence-electron chi connectivity index (χ2n) is 6.97. The number of rotatable bonds is 9. The molecule has 0 aromatic heterocycles. The second kappa shape index (κ2) is 11.6. The molecule has 8 nitrogen and oxygen atoms in total. The lowest BCUT2D eigenvalue weighted by molar-refractivity contribution is -0.146. The molecule has 1 aromatic rings. The Morgan fingerprint density at radius 3 is 2.29 bits per heavy atom. The van der Waals surface area contributed by atoms with Crippen LogP contribution in [0.5, 0.6) is 0 Å². The van der Waals surface area contributed by atoms with Crippen LogP contribution in [0.1, 0.15) is 26.3 Å². The topological polar surface area (TPSA) is 114 Å². The number of ether oxygens (including phenoxy) is 2. The molecule has 0 radical (unpaired) electrons. The van der Waals surface area contributed by atoms with Crippen LogP contribution in [0.15, 0.2) is 30.3 Å². The van der Waals surface area contributed by atoms with Crippen molar-refractivity contribution in [2.45, 2.75) is 44.2 Å². The van der Waals surface area contributed by atoms with Gasteiger partial charge in [0.1, 0.15) is 11.6 Å². The van der Waals surface area contributed by atoms with Gasteiger partial charge in [0.2, 0.25) is 5.91 Å². The molecule has 0 spiro atoms. The number of aliphatic hydroxyl groups excluding tert-OH is 1. The fourth-order valence-corrected chi connectivity index (χ4v) is 3.11. The highest BCUT2D eigenvalue weighted by molar-refractivity contribution is 7.98. The Labute approximate surface area is 169 Å². The first-order chi connectivity index (χ1) is 13.2. The number of carbonyl (C=O) groups is 3. The van der Waals surface area contributed by atoms with Gasteiger partial charge in [-0.3, -0.25) is 4.79 Å². The highest BCUT2D eigenvalue weighted by atomic mass is 32.2. The second-order valence-corrected chi connectivity index (χ2v) is 8.00. The average Bonchev–Trinajstić information content (AvgIpc) is 2.63. The third-order valence-corrected chi connectivity index (χ3v) is 4.49. The molecule has 0 aliphatic rings. The summed E-state index contributed by atoms with van der Waals surface area (Å²) < 4.78 is 9.74. The Morgan fingerprint density at radius 1 is 1.11 bits per heavy atom. The molecule has 156 valence electrons. The maximum Gasteiger partial charge on any atom is 0.408 e. The normalized spacial score (nSPS) is 13.2. The first kappa shape index (κ1) is 23.8. The lowest BCUT2D eigenvalue weighted by Gasteiger charge is -2.24. The van der Waals surface area contributed by atoms with Gasteiger partial charge in [0.05, 0.1) is 13.7 Å². The van der Waals surface area contributed by atoms with E-state index in [9.17, 15) is 19.5 Å². The maximum atomic E-state index is 12.6. The number of alkyl carbamates (subject to hydrolysis) is 1. The van der Waals surface area contributed by atoms with E-state index >= 15 is 0 Å². The summed E-state index contributed by atoms with van der Waals surface area (Å²) in [5.74, 6) is -0.500. The monoisotopic (exact) mass is 412 g/mol. The number of thioether (sulfide) groups is 1. The summed E-state index contributed by atoms with van der Waals surface area (Å²) in [5.41, 5.74) is 0.355. The molecule has 28 heavy (non-hydrogen) atoms. The number of carbonyl (C=O) groups excluding carboxylic acids is 3. The standard InChI is InChI=1S/C19H28N2O6S/c1-19(2,3)27-18(25)21-15(12-28-11-13-8-6-5-7-9-13)16(23)20-14(10-22)17(24)26-4/h5-9,14-15,22H,10-12H2,1-4H3,(H,20,23)(H,21,25)/t14-,15-/m0/s1. The molecule has 2 atom stereocenters. The first-order valence-electron chi connectivity index (χ1n) is 8.76. The van der Waals surface area contributed by atoms with Gasteiger partial charge in [0.25, 0.3) is 0 Å². The van der Waals surface area contributed by atoms with Gasteiger partial charge in [0.15, 0.2) is 6.04 Å². The summed E-state index contributed by atoms with van der Waals surface area (Å²) in [6, 6.07) is 7.51. The minimum Gasteiger partial charge on any atom is -0.467 e. The fourth-order valence-electron chi connectivity index (χ4n) is 2.10. The van der Waals surface area contributed by atoms with Crippen molar-refractivity contribution in [1.82, 2.24) is 10.6 Å². The Kier molecular flexibility index (Phi) is 9.81. The van der Waals surface area contributed by atoms with E-state index in [2.05, 4.69) is 15.4 Å². The average molecular weight is 413 g/mol. The van der Waals surface area contributed by atoms with Crippen molar-refractivity contribution in [2.24, 2.45) is 0 Å².